The van der Waals surface area contributed by atoms with Crippen LogP contribution < -0.4 is 10.6 Å². The van der Waals surface area contributed by atoms with Gasteiger partial charge in [-0.2, -0.15) is 0 Å². The Morgan fingerprint density at radius 3 is 2.80 bits per heavy atom. The van der Waals surface area contributed by atoms with Crippen LogP contribution >= 0.6 is 11.6 Å². The van der Waals surface area contributed by atoms with Crippen molar-refractivity contribution in [1.29, 1.82) is 5.41 Å². The Balaban J connectivity index is 2.14. The first-order chi connectivity index (χ1) is 9.58. The maximum absolute atomic E-state index is 7.63. The zero-order chi connectivity index (χ0) is 14.5. The summed E-state index contributed by atoms with van der Waals surface area (Å²) >= 11 is 6.03. The van der Waals surface area contributed by atoms with Crippen molar-refractivity contribution >= 4 is 23.1 Å². The molecule has 0 aliphatic rings. The summed E-state index contributed by atoms with van der Waals surface area (Å²) < 4.78 is 0. The van der Waals surface area contributed by atoms with E-state index in [1.807, 2.05) is 36.2 Å². The monoisotopic (exact) mass is 288 g/mol. The number of likely N-dealkylation sites (N-methyl/N-ethyl adjacent to an activating group) is 1. The summed E-state index contributed by atoms with van der Waals surface area (Å²) in [4.78, 5) is 6.34. The van der Waals surface area contributed by atoms with E-state index in [0.717, 1.165) is 24.3 Å². The van der Waals surface area contributed by atoms with E-state index in [9.17, 15) is 0 Å². The number of rotatable bonds is 5. The normalized spacial score (nSPS) is 10.3. The summed E-state index contributed by atoms with van der Waals surface area (Å²) in [6.07, 6.45) is 2.61. The molecule has 0 spiro atoms. The van der Waals surface area contributed by atoms with Gasteiger partial charge < -0.3 is 10.6 Å². The summed E-state index contributed by atoms with van der Waals surface area (Å²) in [6.45, 7) is 0.775. The molecule has 1 aromatic heterocycles. The quantitative estimate of drug-likeness (QED) is 0.657. The molecule has 0 aliphatic heterocycles. The Hall–Kier alpha value is -2.07. The summed E-state index contributed by atoms with van der Waals surface area (Å²) in [7, 11) is 1.96. The molecule has 0 amide bonds. The number of nitrogens with two attached hydrogens (primary N) is 1. The third-order valence-corrected chi connectivity index (χ3v) is 3.33. The Kier molecular flexibility index (Phi) is 4.58. The van der Waals surface area contributed by atoms with Gasteiger partial charge in [-0.05, 0) is 30.3 Å². The van der Waals surface area contributed by atoms with E-state index in [2.05, 4.69) is 4.98 Å². The lowest BCUT2D eigenvalue weighted by Gasteiger charge is -2.22. The summed E-state index contributed by atoms with van der Waals surface area (Å²) in [6, 6.07) is 11.2. The Morgan fingerprint density at radius 2 is 2.15 bits per heavy atom. The first-order valence-corrected chi connectivity index (χ1v) is 6.70. The van der Waals surface area contributed by atoms with Crippen molar-refractivity contribution in [2.24, 2.45) is 5.73 Å². The van der Waals surface area contributed by atoms with Gasteiger partial charge in [0.2, 0.25) is 0 Å². The van der Waals surface area contributed by atoms with Gasteiger partial charge in [-0.1, -0.05) is 17.7 Å². The minimum absolute atomic E-state index is 0.0429. The average Bonchev–Trinajstić information content (AvgIpc) is 2.45. The molecule has 4 nitrogen and oxygen atoms in total. The topological polar surface area (TPSA) is 66.0 Å². The van der Waals surface area contributed by atoms with E-state index < -0.39 is 0 Å². The van der Waals surface area contributed by atoms with E-state index in [1.165, 1.54) is 0 Å². The fourth-order valence-corrected chi connectivity index (χ4v) is 2.16. The molecule has 0 radical (unpaired) electrons. The van der Waals surface area contributed by atoms with Crippen LogP contribution in [0.4, 0.5) is 5.69 Å². The first-order valence-electron chi connectivity index (χ1n) is 6.33. The lowest BCUT2D eigenvalue weighted by Crippen LogP contribution is -2.24. The van der Waals surface area contributed by atoms with Crippen molar-refractivity contribution in [2.75, 3.05) is 18.5 Å². The Bertz CT molecular complexity index is 598. The molecule has 0 atom stereocenters. The molecule has 0 saturated carbocycles. The number of nitrogens with zero attached hydrogens (tertiary/aromatic N) is 2. The second-order valence-electron chi connectivity index (χ2n) is 4.57. The van der Waals surface area contributed by atoms with Gasteiger partial charge >= 0.3 is 0 Å². The highest BCUT2D eigenvalue weighted by molar-refractivity contribution is 6.31. The molecular weight excluding hydrogens is 272 g/mol. The zero-order valence-electron chi connectivity index (χ0n) is 11.3. The SMILES string of the molecule is CN(CCc1ccccn1)c1cc(Cl)ccc1C(=N)N. The maximum Gasteiger partial charge on any atom is 0.124 e. The third-order valence-electron chi connectivity index (χ3n) is 3.09. The molecule has 0 fully saturated rings. The van der Waals surface area contributed by atoms with Gasteiger partial charge in [0.25, 0.3) is 0 Å². The minimum Gasteiger partial charge on any atom is -0.384 e. The van der Waals surface area contributed by atoms with Crippen molar-refractivity contribution in [3.8, 4) is 0 Å². The number of aromatic nitrogens is 1. The van der Waals surface area contributed by atoms with E-state index in [4.69, 9.17) is 22.7 Å². The van der Waals surface area contributed by atoms with Gasteiger partial charge in [-0.3, -0.25) is 10.4 Å². The molecule has 3 N–H and O–H groups in total. The van der Waals surface area contributed by atoms with Gasteiger partial charge in [0, 0.05) is 48.2 Å². The molecule has 5 heteroatoms. The lowest BCUT2D eigenvalue weighted by atomic mass is 10.1. The van der Waals surface area contributed by atoms with Crippen LogP contribution in [0.2, 0.25) is 5.02 Å². The summed E-state index contributed by atoms with van der Waals surface area (Å²) in [5.41, 5.74) is 8.20. The fraction of sp³-hybridized carbons (Fsp3) is 0.200. The van der Waals surface area contributed by atoms with Crippen LogP contribution in [-0.4, -0.2) is 24.4 Å². The van der Waals surface area contributed by atoms with E-state index in [0.29, 0.717) is 10.6 Å². The number of benzene rings is 1. The van der Waals surface area contributed by atoms with Crippen LogP contribution in [0.1, 0.15) is 11.3 Å². The molecular formula is C15H17ClN4. The second-order valence-corrected chi connectivity index (χ2v) is 5.00. The lowest BCUT2D eigenvalue weighted by molar-refractivity contribution is 0.851. The average molecular weight is 289 g/mol. The standard InChI is InChI=1S/C15H17ClN4/c1-20(9-7-12-4-2-3-8-19-12)14-10-11(16)5-6-13(14)15(17)18/h2-6,8,10H,7,9H2,1H3,(H3,17,18). The van der Waals surface area contributed by atoms with Gasteiger partial charge in [0.15, 0.2) is 0 Å². The molecule has 20 heavy (non-hydrogen) atoms. The van der Waals surface area contributed by atoms with Gasteiger partial charge in [-0.25, -0.2) is 0 Å². The molecule has 104 valence electrons. The minimum atomic E-state index is 0.0429. The highest BCUT2D eigenvalue weighted by Crippen LogP contribution is 2.24. The summed E-state index contributed by atoms with van der Waals surface area (Å²) in [5, 5.41) is 8.27. The number of nitrogen functional groups attached to an aromatic ring is 1. The van der Waals surface area contributed by atoms with Crippen LogP contribution in [0.5, 0.6) is 0 Å². The number of anilines is 1. The fourth-order valence-electron chi connectivity index (χ4n) is 2.00. The van der Waals surface area contributed by atoms with Crippen molar-refractivity contribution in [3.05, 3.63) is 58.9 Å². The van der Waals surface area contributed by atoms with Crippen LogP contribution in [0.15, 0.2) is 42.6 Å². The van der Waals surface area contributed by atoms with Crippen LogP contribution in [-0.2, 0) is 6.42 Å². The Morgan fingerprint density at radius 1 is 1.35 bits per heavy atom. The number of hydrogen-bond acceptors (Lipinski definition) is 3. The molecule has 2 aromatic rings. The van der Waals surface area contributed by atoms with E-state index in [1.54, 1.807) is 18.3 Å². The number of pyridine rings is 1. The maximum atomic E-state index is 7.63. The van der Waals surface area contributed by atoms with Crippen molar-refractivity contribution < 1.29 is 0 Å². The molecule has 0 saturated heterocycles. The van der Waals surface area contributed by atoms with Crippen LogP contribution in [0.3, 0.4) is 0 Å². The second kappa shape index (κ2) is 6.39. The van der Waals surface area contributed by atoms with Crippen molar-refractivity contribution in [2.45, 2.75) is 6.42 Å². The number of amidine groups is 1. The molecule has 0 aliphatic carbocycles. The number of halogens is 1. The van der Waals surface area contributed by atoms with Crippen LogP contribution in [0, 0.1) is 5.41 Å². The third kappa shape index (κ3) is 3.48. The molecule has 2 rings (SSSR count). The first kappa shape index (κ1) is 14.3. The van der Waals surface area contributed by atoms with Gasteiger partial charge in [0.1, 0.15) is 5.84 Å². The number of hydrogen-bond donors (Lipinski definition) is 2. The van der Waals surface area contributed by atoms with E-state index >= 15 is 0 Å². The van der Waals surface area contributed by atoms with Gasteiger partial charge in [-0.15, -0.1) is 0 Å². The van der Waals surface area contributed by atoms with E-state index in [-0.39, 0.29) is 5.84 Å². The molecule has 1 heterocycles. The van der Waals surface area contributed by atoms with Gasteiger partial charge in [0.05, 0.1) is 0 Å². The highest BCUT2D eigenvalue weighted by Gasteiger charge is 2.10. The smallest absolute Gasteiger partial charge is 0.124 e. The van der Waals surface area contributed by atoms with Crippen molar-refractivity contribution in [3.63, 3.8) is 0 Å². The number of nitrogens with one attached hydrogen (secondary N) is 1. The van der Waals surface area contributed by atoms with Crippen LogP contribution in [0.25, 0.3) is 0 Å². The molecule has 1 aromatic carbocycles. The largest absolute Gasteiger partial charge is 0.384 e. The zero-order valence-corrected chi connectivity index (χ0v) is 12.1. The summed E-state index contributed by atoms with van der Waals surface area (Å²) in [5.74, 6) is 0.0429. The highest BCUT2D eigenvalue weighted by atomic mass is 35.5. The predicted molar refractivity (Wildman–Crippen MR) is 83.7 cm³/mol. The Labute approximate surface area is 123 Å². The predicted octanol–water partition coefficient (Wildman–Crippen LogP) is 2.70. The molecule has 0 unspecified atom stereocenters. The molecule has 0 bridgehead atoms. The van der Waals surface area contributed by atoms with Crippen molar-refractivity contribution in [1.82, 2.24) is 4.98 Å².